The van der Waals surface area contributed by atoms with Gasteiger partial charge in [0.1, 0.15) is 11.7 Å². The number of nitrogens with one attached hydrogen (secondary N) is 2. The van der Waals surface area contributed by atoms with Crippen molar-refractivity contribution in [1.29, 1.82) is 0 Å². The molecule has 0 spiro atoms. The maximum absolute atomic E-state index is 13.5. The number of benzene rings is 1. The van der Waals surface area contributed by atoms with Crippen molar-refractivity contribution in [2.24, 2.45) is 0 Å². The maximum Gasteiger partial charge on any atom is 0.249 e. The number of halogens is 3. The fourth-order valence-corrected chi connectivity index (χ4v) is 4.34. The van der Waals surface area contributed by atoms with Crippen LogP contribution in [0.3, 0.4) is 0 Å². The first-order valence-electron chi connectivity index (χ1n) is 11.8. The predicted octanol–water partition coefficient (Wildman–Crippen LogP) is 4.02. The van der Waals surface area contributed by atoms with E-state index in [0.717, 1.165) is 17.7 Å². The lowest BCUT2D eigenvalue weighted by Gasteiger charge is -2.39. The Labute approximate surface area is 213 Å². The van der Waals surface area contributed by atoms with Gasteiger partial charge in [0.2, 0.25) is 11.9 Å². The Kier molecular flexibility index (Phi) is 7.13. The predicted molar refractivity (Wildman–Crippen MR) is 133 cm³/mol. The molecule has 12 heteroatoms. The number of aromatic nitrogens is 4. The number of aryl methyl sites for hydroxylation is 1. The summed E-state index contributed by atoms with van der Waals surface area (Å²) < 4.78 is 47.7. The van der Waals surface area contributed by atoms with E-state index in [4.69, 9.17) is 4.74 Å². The Morgan fingerprint density at radius 1 is 1.16 bits per heavy atom. The SMILES string of the molecule is Cc1nc(NCc2cnn(Cc3cc(F)c(F)c(F)c3)c2)nc2c1NC(=O)[C@H](C(C)OC(C)(C)C)N2C. The Balaban J connectivity index is 1.47. The van der Waals surface area contributed by atoms with Crippen molar-refractivity contribution in [2.45, 2.75) is 65.5 Å². The molecule has 2 atom stereocenters. The molecule has 1 amide bonds. The summed E-state index contributed by atoms with van der Waals surface area (Å²) >= 11 is 0. The van der Waals surface area contributed by atoms with Crippen molar-refractivity contribution in [3.63, 3.8) is 0 Å². The van der Waals surface area contributed by atoms with Gasteiger partial charge in [0.05, 0.1) is 30.1 Å². The van der Waals surface area contributed by atoms with Gasteiger partial charge in [0.15, 0.2) is 23.3 Å². The van der Waals surface area contributed by atoms with Crippen molar-refractivity contribution >= 4 is 23.4 Å². The number of hydrogen-bond donors (Lipinski definition) is 2. The number of hydrogen-bond acceptors (Lipinski definition) is 7. The van der Waals surface area contributed by atoms with Gasteiger partial charge in [0, 0.05) is 25.4 Å². The molecule has 198 valence electrons. The van der Waals surface area contributed by atoms with Crippen LogP contribution in [0.15, 0.2) is 24.5 Å². The number of likely N-dealkylation sites (N-methyl/N-ethyl adjacent to an activating group) is 1. The van der Waals surface area contributed by atoms with E-state index in [1.807, 2.05) is 27.7 Å². The third-order valence-corrected chi connectivity index (χ3v) is 5.85. The largest absolute Gasteiger partial charge is 0.370 e. The first kappa shape index (κ1) is 26.4. The Hall–Kier alpha value is -3.67. The van der Waals surface area contributed by atoms with Crippen molar-refractivity contribution in [1.82, 2.24) is 19.7 Å². The molecule has 1 aliphatic heterocycles. The number of rotatable bonds is 7. The zero-order valence-electron chi connectivity index (χ0n) is 21.6. The summed E-state index contributed by atoms with van der Waals surface area (Å²) in [4.78, 5) is 23.7. The first-order valence-corrected chi connectivity index (χ1v) is 11.8. The first-order chi connectivity index (χ1) is 17.3. The molecule has 0 bridgehead atoms. The zero-order valence-corrected chi connectivity index (χ0v) is 21.6. The summed E-state index contributed by atoms with van der Waals surface area (Å²) in [6, 6.07) is 1.31. The Bertz CT molecular complexity index is 1300. The van der Waals surface area contributed by atoms with E-state index in [0.29, 0.717) is 29.7 Å². The lowest BCUT2D eigenvalue weighted by Crippen LogP contribution is -2.54. The van der Waals surface area contributed by atoms with E-state index in [-0.39, 0.29) is 18.0 Å². The number of fused-ring (bicyclic) bond motifs is 1. The van der Waals surface area contributed by atoms with Crippen molar-refractivity contribution in [3.8, 4) is 0 Å². The maximum atomic E-state index is 13.5. The van der Waals surface area contributed by atoms with Gasteiger partial charge < -0.3 is 20.3 Å². The van der Waals surface area contributed by atoms with E-state index in [1.165, 1.54) is 4.68 Å². The minimum absolute atomic E-state index is 0.0727. The van der Waals surface area contributed by atoms with Crippen LogP contribution in [0.4, 0.5) is 30.6 Å². The van der Waals surface area contributed by atoms with Crippen molar-refractivity contribution in [3.05, 3.63) is 58.8 Å². The zero-order chi connectivity index (χ0) is 27.1. The van der Waals surface area contributed by atoms with Gasteiger partial charge in [-0.25, -0.2) is 18.2 Å². The van der Waals surface area contributed by atoms with Crippen LogP contribution in [-0.4, -0.2) is 50.5 Å². The average molecular weight is 518 g/mol. The summed E-state index contributed by atoms with van der Waals surface area (Å²) in [6.45, 7) is 9.85. The van der Waals surface area contributed by atoms with Gasteiger partial charge in [-0.05, 0) is 52.3 Å². The Morgan fingerprint density at radius 3 is 2.49 bits per heavy atom. The number of ether oxygens (including phenoxy) is 1. The molecular weight excluding hydrogens is 487 g/mol. The van der Waals surface area contributed by atoms with Gasteiger partial charge in [-0.1, -0.05) is 0 Å². The molecule has 1 aromatic carbocycles. The minimum atomic E-state index is -1.50. The van der Waals surface area contributed by atoms with Crippen LogP contribution in [-0.2, 0) is 22.6 Å². The molecule has 2 N–H and O–H groups in total. The van der Waals surface area contributed by atoms with Crippen molar-refractivity contribution < 1.29 is 22.7 Å². The van der Waals surface area contributed by atoms with E-state index in [1.54, 1.807) is 31.3 Å². The van der Waals surface area contributed by atoms with E-state index < -0.39 is 35.2 Å². The van der Waals surface area contributed by atoms with Crippen LogP contribution in [0.1, 0.15) is 44.5 Å². The fourth-order valence-electron chi connectivity index (χ4n) is 4.34. The topological polar surface area (TPSA) is 97.2 Å². The molecule has 0 saturated heterocycles. The molecule has 0 fully saturated rings. The van der Waals surface area contributed by atoms with Crippen LogP contribution < -0.4 is 15.5 Å². The summed E-state index contributed by atoms with van der Waals surface area (Å²) in [6.07, 6.45) is 2.91. The Morgan fingerprint density at radius 2 is 1.84 bits per heavy atom. The highest BCUT2D eigenvalue weighted by Crippen LogP contribution is 2.34. The lowest BCUT2D eigenvalue weighted by atomic mass is 10.1. The van der Waals surface area contributed by atoms with Crippen LogP contribution in [0, 0.1) is 24.4 Å². The summed E-state index contributed by atoms with van der Waals surface area (Å²) in [7, 11) is 1.80. The third kappa shape index (κ3) is 5.85. The number of anilines is 3. The standard InChI is InChI=1S/C25H30F3N7O2/c1-13-20-22(34(6)21(23(36)32-20)14(2)37-25(3,4)5)33-24(31-13)29-9-16-10-30-35(12-16)11-15-7-17(26)19(28)18(27)8-15/h7-8,10,12,14,21H,9,11H2,1-6H3,(H,32,36)(H,29,31,33)/t14?,21-/m0/s1. The number of carbonyl (C=O) groups is 1. The summed E-state index contributed by atoms with van der Waals surface area (Å²) in [5.41, 5.74) is 1.75. The van der Waals surface area contributed by atoms with Gasteiger partial charge in [-0.2, -0.15) is 10.1 Å². The molecule has 9 nitrogen and oxygen atoms in total. The van der Waals surface area contributed by atoms with Gasteiger partial charge in [-0.15, -0.1) is 0 Å². The van der Waals surface area contributed by atoms with Crippen LogP contribution in [0.25, 0.3) is 0 Å². The fraction of sp³-hybridized carbons (Fsp3) is 0.440. The van der Waals surface area contributed by atoms with Gasteiger partial charge in [-0.3, -0.25) is 9.48 Å². The molecule has 0 saturated carbocycles. The second-order valence-electron chi connectivity index (χ2n) is 10.1. The molecule has 1 unspecified atom stereocenters. The monoisotopic (exact) mass is 517 g/mol. The van der Waals surface area contributed by atoms with Crippen LogP contribution in [0.5, 0.6) is 0 Å². The molecule has 3 aromatic rings. The highest BCUT2D eigenvalue weighted by Gasteiger charge is 2.39. The molecule has 4 rings (SSSR count). The molecule has 37 heavy (non-hydrogen) atoms. The number of carbonyl (C=O) groups excluding carboxylic acids is 1. The highest BCUT2D eigenvalue weighted by atomic mass is 19.2. The molecule has 2 aromatic heterocycles. The second-order valence-corrected chi connectivity index (χ2v) is 10.1. The smallest absolute Gasteiger partial charge is 0.249 e. The molecule has 1 aliphatic rings. The third-order valence-electron chi connectivity index (χ3n) is 5.85. The number of amides is 1. The quantitative estimate of drug-likeness (QED) is 0.457. The van der Waals surface area contributed by atoms with Crippen LogP contribution in [0.2, 0.25) is 0 Å². The highest BCUT2D eigenvalue weighted by molar-refractivity contribution is 6.03. The van der Waals surface area contributed by atoms with Crippen molar-refractivity contribution in [2.75, 3.05) is 22.6 Å². The van der Waals surface area contributed by atoms with E-state index >= 15 is 0 Å². The van der Waals surface area contributed by atoms with E-state index in [2.05, 4.69) is 25.7 Å². The van der Waals surface area contributed by atoms with Gasteiger partial charge in [0.25, 0.3) is 0 Å². The molecule has 0 aliphatic carbocycles. The normalized spacial score (nSPS) is 16.4. The average Bonchev–Trinajstić information content (AvgIpc) is 3.23. The summed E-state index contributed by atoms with van der Waals surface area (Å²) in [5, 5.41) is 10.3. The molecule has 0 radical (unpaired) electrons. The molecular formula is C25H30F3N7O2. The number of nitrogens with zero attached hydrogens (tertiary/aromatic N) is 5. The minimum Gasteiger partial charge on any atom is -0.370 e. The van der Waals surface area contributed by atoms with Gasteiger partial charge >= 0.3 is 0 Å². The van der Waals surface area contributed by atoms with Crippen LogP contribution >= 0.6 is 0 Å². The summed E-state index contributed by atoms with van der Waals surface area (Å²) in [5.74, 6) is -3.24. The molecule has 3 heterocycles. The van der Waals surface area contributed by atoms with E-state index in [9.17, 15) is 18.0 Å². The lowest BCUT2D eigenvalue weighted by molar-refractivity contribution is -0.124. The second kappa shape index (κ2) is 10.0.